The molecule has 0 saturated carbocycles. The summed E-state index contributed by atoms with van der Waals surface area (Å²) < 4.78 is 26.8. The van der Waals surface area contributed by atoms with Gasteiger partial charge in [0.2, 0.25) is 5.82 Å². The van der Waals surface area contributed by atoms with Crippen molar-refractivity contribution in [1.82, 2.24) is 5.32 Å². The van der Waals surface area contributed by atoms with E-state index in [1.807, 2.05) is 0 Å². The molecule has 1 aromatic rings. The van der Waals surface area contributed by atoms with Crippen molar-refractivity contribution in [3.63, 3.8) is 0 Å². The third-order valence-corrected chi connectivity index (χ3v) is 2.49. The summed E-state index contributed by atoms with van der Waals surface area (Å²) in [7, 11) is 0. The molecule has 6 heteroatoms. The van der Waals surface area contributed by atoms with Gasteiger partial charge in [-0.15, -0.1) is 0 Å². The van der Waals surface area contributed by atoms with Crippen molar-refractivity contribution >= 4 is 5.69 Å². The molecule has 1 N–H and O–H groups in total. The van der Waals surface area contributed by atoms with Crippen LogP contribution in [0.4, 0.5) is 14.5 Å². The molecule has 0 amide bonds. The monoisotopic (exact) mass is 214 g/mol. The van der Waals surface area contributed by atoms with Gasteiger partial charge in [0.1, 0.15) is 5.82 Å². The summed E-state index contributed by atoms with van der Waals surface area (Å²) in [6.45, 7) is 0.907. The number of rotatable bonds is 2. The predicted molar refractivity (Wildman–Crippen MR) is 48.6 cm³/mol. The third kappa shape index (κ3) is 1.56. The molecule has 0 atom stereocenters. The number of nitrogens with zero attached hydrogens (tertiary/aromatic N) is 1. The first-order chi connectivity index (χ1) is 7.11. The van der Waals surface area contributed by atoms with Crippen molar-refractivity contribution in [2.75, 3.05) is 13.1 Å². The number of nitro benzene ring substituents is 1. The molecule has 15 heavy (non-hydrogen) atoms. The van der Waals surface area contributed by atoms with E-state index in [1.165, 1.54) is 0 Å². The van der Waals surface area contributed by atoms with Crippen LogP contribution in [0.15, 0.2) is 12.1 Å². The van der Waals surface area contributed by atoms with E-state index in [1.54, 1.807) is 0 Å². The van der Waals surface area contributed by atoms with Gasteiger partial charge in [-0.1, -0.05) is 0 Å². The Morgan fingerprint density at radius 3 is 2.53 bits per heavy atom. The summed E-state index contributed by atoms with van der Waals surface area (Å²) in [6.07, 6.45) is 0. The number of benzene rings is 1. The van der Waals surface area contributed by atoms with E-state index < -0.39 is 22.2 Å². The largest absolute Gasteiger partial charge is 0.315 e. The molecule has 0 unspecified atom stereocenters. The lowest BCUT2D eigenvalue weighted by Gasteiger charge is -2.27. The Hall–Kier alpha value is -1.56. The molecule has 4 nitrogen and oxygen atoms in total. The van der Waals surface area contributed by atoms with Gasteiger partial charge in [-0.25, -0.2) is 4.39 Å². The molecule has 0 spiro atoms. The molecule has 1 heterocycles. The Morgan fingerprint density at radius 1 is 1.40 bits per heavy atom. The van der Waals surface area contributed by atoms with Crippen LogP contribution in [-0.4, -0.2) is 18.0 Å². The molecule has 80 valence electrons. The highest BCUT2D eigenvalue weighted by atomic mass is 19.1. The average molecular weight is 214 g/mol. The van der Waals surface area contributed by atoms with Gasteiger partial charge in [-0.3, -0.25) is 10.1 Å². The summed E-state index contributed by atoms with van der Waals surface area (Å²) in [6, 6.07) is 1.79. The van der Waals surface area contributed by atoms with Crippen LogP contribution in [0.25, 0.3) is 0 Å². The Morgan fingerprint density at radius 2 is 2.07 bits per heavy atom. The molecule has 1 fully saturated rings. The number of hydrogen-bond donors (Lipinski definition) is 1. The second-order valence-electron chi connectivity index (χ2n) is 3.41. The van der Waals surface area contributed by atoms with E-state index in [2.05, 4.69) is 5.32 Å². The molecule has 1 aromatic carbocycles. The van der Waals surface area contributed by atoms with Gasteiger partial charge in [0.15, 0.2) is 0 Å². The Balaban J connectivity index is 2.50. The number of nitro groups is 1. The first kappa shape index (κ1) is 9.97. The van der Waals surface area contributed by atoms with E-state index in [9.17, 15) is 18.9 Å². The second-order valence-corrected chi connectivity index (χ2v) is 3.41. The van der Waals surface area contributed by atoms with Gasteiger partial charge in [-0.2, -0.15) is 4.39 Å². The molecule has 0 aliphatic carbocycles. The van der Waals surface area contributed by atoms with E-state index >= 15 is 0 Å². The molecule has 1 aliphatic heterocycles. The zero-order chi connectivity index (χ0) is 11.0. The highest BCUT2D eigenvalue weighted by Crippen LogP contribution is 2.30. The normalized spacial score (nSPS) is 16.1. The van der Waals surface area contributed by atoms with E-state index in [0.717, 1.165) is 12.1 Å². The Bertz CT molecular complexity index is 419. The molecule has 0 radical (unpaired) electrons. The Labute approximate surface area is 84.1 Å². The fraction of sp³-hybridized carbons (Fsp3) is 0.333. The minimum absolute atomic E-state index is 0.178. The minimum Gasteiger partial charge on any atom is -0.315 e. The van der Waals surface area contributed by atoms with Crippen molar-refractivity contribution in [2.45, 2.75) is 5.92 Å². The minimum atomic E-state index is -1.05. The van der Waals surface area contributed by atoms with Crippen LogP contribution in [-0.2, 0) is 0 Å². The van der Waals surface area contributed by atoms with Crippen LogP contribution in [0, 0.1) is 21.7 Å². The van der Waals surface area contributed by atoms with Gasteiger partial charge in [0.25, 0.3) is 0 Å². The van der Waals surface area contributed by atoms with Crippen LogP contribution >= 0.6 is 0 Å². The average Bonchev–Trinajstić information content (AvgIpc) is 2.08. The van der Waals surface area contributed by atoms with Crippen LogP contribution < -0.4 is 5.32 Å². The lowest BCUT2D eigenvalue weighted by molar-refractivity contribution is -0.387. The van der Waals surface area contributed by atoms with Gasteiger partial charge < -0.3 is 5.32 Å². The van der Waals surface area contributed by atoms with Crippen molar-refractivity contribution < 1.29 is 13.7 Å². The van der Waals surface area contributed by atoms with Gasteiger partial charge in [-0.05, 0) is 6.07 Å². The molecule has 2 rings (SSSR count). The van der Waals surface area contributed by atoms with E-state index in [-0.39, 0.29) is 11.5 Å². The SMILES string of the molecule is O=[N+]([O-])c1ccc(F)c(C2CNC2)c1F. The van der Waals surface area contributed by atoms with Crippen molar-refractivity contribution in [3.05, 3.63) is 39.4 Å². The fourth-order valence-corrected chi connectivity index (χ4v) is 1.57. The smallest absolute Gasteiger partial charge is 0.305 e. The summed E-state index contributed by atoms with van der Waals surface area (Å²) in [5.41, 5.74) is -0.846. The quantitative estimate of drug-likeness (QED) is 0.600. The molecular weight excluding hydrogens is 206 g/mol. The maximum atomic E-state index is 13.5. The maximum absolute atomic E-state index is 13.5. The standard InChI is InChI=1S/C9H8F2N2O2/c10-6-1-2-7(13(14)15)9(11)8(6)5-3-12-4-5/h1-2,5,12H,3-4H2. The summed E-state index contributed by atoms with van der Waals surface area (Å²) >= 11 is 0. The topological polar surface area (TPSA) is 55.2 Å². The van der Waals surface area contributed by atoms with Gasteiger partial charge in [0.05, 0.1) is 4.92 Å². The van der Waals surface area contributed by atoms with E-state index in [0.29, 0.717) is 13.1 Å². The molecular formula is C9H8F2N2O2. The second kappa shape index (κ2) is 3.54. The molecule has 0 aromatic heterocycles. The van der Waals surface area contributed by atoms with Gasteiger partial charge >= 0.3 is 5.69 Å². The van der Waals surface area contributed by atoms with Crippen molar-refractivity contribution in [2.24, 2.45) is 0 Å². The van der Waals surface area contributed by atoms with Crippen LogP contribution in [0.1, 0.15) is 11.5 Å². The van der Waals surface area contributed by atoms with Crippen LogP contribution in [0.3, 0.4) is 0 Å². The predicted octanol–water partition coefficient (Wildman–Crippen LogP) is 1.56. The van der Waals surface area contributed by atoms with Gasteiger partial charge in [0, 0.05) is 30.6 Å². The van der Waals surface area contributed by atoms with E-state index in [4.69, 9.17) is 0 Å². The molecule has 0 bridgehead atoms. The van der Waals surface area contributed by atoms with Crippen molar-refractivity contribution in [3.8, 4) is 0 Å². The summed E-state index contributed by atoms with van der Waals surface area (Å²) in [5, 5.41) is 13.3. The number of hydrogen-bond acceptors (Lipinski definition) is 3. The molecule has 1 aliphatic rings. The number of halogens is 2. The van der Waals surface area contributed by atoms with Crippen LogP contribution in [0.2, 0.25) is 0 Å². The van der Waals surface area contributed by atoms with Crippen LogP contribution in [0.5, 0.6) is 0 Å². The third-order valence-electron chi connectivity index (χ3n) is 2.49. The lowest BCUT2D eigenvalue weighted by Crippen LogP contribution is -2.40. The zero-order valence-corrected chi connectivity index (χ0v) is 7.67. The first-order valence-electron chi connectivity index (χ1n) is 4.44. The summed E-state index contributed by atoms with van der Waals surface area (Å²) in [4.78, 5) is 9.60. The summed E-state index contributed by atoms with van der Waals surface area (Å²) in [5.74, 6) is -2.07. The van der Waals surface area contributed by atoms with Crippen molar-refractivity contribution in [1.29, 1.82) is 0 Å². The fourth-order valence-electron chi connectivity index (χ4n) is 1.57. The zero-order valence-electron chi connectivity index (χ0n) is 7.67. The Kier molecular flexibility index (Phi) is 2.36. The number of nitrogens with one attached hydrogen (secondary N) is 1. The highest BCUT2D eigenvalue weighted by molar-refractivity contribution is 5.40. The first-order valence-corrected chi connectivity index (χ1v) is 4.44. The maximum Gasteiger partial charge on any atom is 0.305 e. The highest BCUT2D eigenvalue weighted by Gasteiger charge is 2.30. The lowest BCUT2D eigenvalue weighted by atomic mass is 9.92. The molecule has 1 saturated heterocycles.